The Labute approximate surface area is 107 Å². The molecule has 1 N–H and O–H groups in total. The van der Waals surface area contributed by atoms with E-state index in [1.165, 1.54) is 5.56 Å². The van der Waals surface area contributed by atoms with Gasteiger partial charge in [0.1, 0.15) is 11.9 Å². The van der Waals surface area contributed by atoms with Gasteiger partial charge in [-0.25, -0.2) is 4.98 Å². The molecule has 1 atom stereocenters. The van der Waals surface area contributed by atoms with E-state index in [2.05, 4.69) is 33.9 Å². The van der Waals surface area contributed by atoms with E-state index >= 15 is 0 Å². The van der Waals surface area contributed by atoms with Crippen LogP contribution in [0.2, 0.25) is 0 Å². The Kier molecular flexibility index (Phi) is 2.92. The summed E-state index contributed by atoms with van der Waals surface area (Å²) in [6.45, 7) is 3.78. The third-order valence-electron chi connectivity index (χ3n) is 3.16. The predicted molar refractivity (Wildman–Crippen MR) is 71.0 cm³/mol. The molecule has 2 aromatic rings. The lowest BCUT2D eigenvalue weighted by molar-refractivity contribution is 0.210. The number of nitrogens with one attached hydrogen (secondary N) is 1. The summed E-state index contributed by atoms with van der Waals surface area (Å²) < 4.78 is 8.05. The zero-order chi connectivity index (χ0) is 12.4. The van der Waals surface area contributed by atoms with Gasteiger partial charge in [-0.05, 0) is 18.6 Å². The molecule has 0 spiro atoms. The summed E-state index contributed by atoms with van der Waals surface area (Å²) in [5.41, 5.74) is 1.30. The van der Waals surface area contributed by atoms with Crippen LogP contribution in [0.1, 0.15) is 12.5 Å². The van der Waals surface area contributed by atoms with Crippen LogP contribution in [0.3, 0.4) is 0 Å². The molecule has 3 rings (SSSR count). The van der Waals surface area contributed by atoms with E-state index in [9.17, 15) is 0 Å². The molecular weight excluding hydrogens is 226 g/mol. The second-order valence-electron chi connectivity index (χ2n) is 4.49. The molecule has 0 amide bonds. The Morgan fingerprint density at radius 2 is 2.33 bits per heavy atom. The van der Waals surface area contributed by atoms with Gasteiger partial charge in [0.2, 0.25) is 5.95 Å². The van der Waals surface area contributed by atoms with E-state index in [1.54, 1.807) is 0 Å². The van der Waals surface area contributed by atoms with Crippen LogP contribution in [0.4, 0.5) is 5.95 Å². The molecule has 4 nitrogen and oxygen atoms in total. The number of benzene rings is 1. The average molecular weight is 243 g/mol. The number of hydrogen-bond acceptors (Lipinski definition) is 3. The predicted octanol–water partition coefficient (Wildman–Crippen LogP) is 2.32. The van der Waals surface area contributed by atoms with Crippen LogP contribution >= 0.6 is 0 Å². The zero-order valence-corrected chi connectivity index (χ0v) is 10.5. The van der Waals surface area contributed by atoms with Crippen LogP contribution in [0.15, 0.2) is 36.7 Å². The van der Waals surface area contributed by atoms with Gasteiger partial charge in [0.15, 0.2) is 0 Å². The van der Waals surface area contributed by atoms with Crippen molar-refractivity contribution in [1.82, 2.24) is 9.55 Å². The van der Waals surface area contributed by atoms with Crippen molar-refractivity contribution in [3.8, 4) is 5.75 Å². The van der Waals surface area contributed by atoms with Crippen molar-refractivity contribution in [2.24, 2.45) is 0 Å². The summed E-state index contributed by atoms with van der Waals surface area (Å²) in [4.78, 5) is 4.29. The molecule has 0 saturated carbocycles. The number of nitrogens with zero attached hydrogens (tertiary/aromatic N) is 2. The van der Waals surface area contributed by atoms with Crippen LogP contribution < -0.4 is 10.1 Å². The lowest BCUT2D eigenvalue weighted by atomic mass is 10.1. The van der Waals surface area contributed by atoms with Crippen molar-refractivity contribution in [1.29, 1.82) is 0 Å². The number of para-hydroxylation sites is 1. The second-order valence-corrected chi connectivity index (χ2v) is 4.49. The minimum atomic E-state index is 0.203. The summed E-state index contributed by atoms with van der Waals surface area (Å²) in [6, 6.07) is 8.25. The molecule has 2 heterocycles. The number of ether oxygens (including phenoxy) is 1. The highest BCUT2D eigenvalue weighted by Gasteiger charge is 2.23. The molecule has 1 aromatic heterocycles. The van der Waals surface area contributed by atoms with Gasteiger partial charge >= 0.3 is 0 Å². The van der Waals surface area contributed by atoms with E-state index < -0.39 is 0 Å². The van der Waals surface area contributed by atoms with Crippen LogP contribution in [0.25, 0.3) is 0 Å². The van der Waals surface area contributed by atoms with E-state index in [-0.39, 0.29) is 6.10 Å². The van der Waals surface area contributed by atoms with Gasteiger partial charge in [0, 0.05) is 25.4 Å². The first-order chi connectivity index (χ1) is 8.86. The molecule has 0 radical (unpaired) electrons. The molecule has 0 fully saturated rings. The van der Waals surface area contributed by atoms with Gasteiger partial charge in [-0.2, -0.15) is 0 Å². The summed E-state index contributed by atoms with van der Waals surface area (Å²) in [5.74, 6) is 1.93. The summed E-state index contributed by atoms with van der Waals surface area (Å²) in [5, 5.41) is 3.25. The number of anilines is 1. The Balaban J connectivity index is 1.70. The van der Waals surface area contributed by atoms with Gasteiger partial charge in [0.25, 0.3) is 0 Å². The van der Waals surface area contributed by atoms with Crippen LogP contribution in [-0.4, -0.2) is 22.2 Å². The molecule has 1 unspecified atom stereocenters. The second kappa shape index (κ2) is 4.72. The van der Waals surface area contributed by atoms with Crippen LogP contribution in [-0.2, 0) is 13.0 Å². The van der Waals surface area contributed by atoms with Gasteiger partial charge in [0.05, 0.1) is 6.54 Å². The molecule has 0 aliphatic carbocycles. The van der Waals surface area contributed by atoms with Crippen molar-refractivity contribution in [3.05, 3.63) is 42.2 Å². The number of hydrogen-bond donors (Lipinski definition) is 1. The van der Waals surface area contributed by atoms with E-state index in [0.29, 0.717) is 0 Å². The summed E-state index contributed by atoms with van der Waals surface area (Å²) in [7, 11) is 0. The van der Waals surface area contributed by atoms with E-state index in [1.807, 2.05) is 24.5 Å². The minimum Gasteiger partial charge on any atom is -0.488 e. The first-order valence-corrected chi connectivity index (χ1v) is 6.36. The standard InChI is InChI=1S/C14H17N3O/c1-2-15-14-16-7-8-17(14)10-12-9-11-5-3-4-6-13(11)18-12/h3-8,12H,2,9-10H2,1H3,(H,15,16). The van der Waals surface area contributed by atoms with Crippen LogP contribution in [0, 0.1) is 0 Å². The molecule has 1 aliphatic rings. The summed E-state index contributed by atoms with van der Waals surface area (Å²) >= 11 is 0. The third kappa shape index (κ3) is 2.06. The van der Waals surface area contributed by atoms with Crippen molar-refractivity contribution in [3.63, 3.8) is 0 Å². The largest absolute Gasteiger partial charge is 0.488 e. The van der Waals surface area contributed by atoms with Crippen molar-refractivity contribution in [2.75, 3.05) is 11.9 Å². The lowest BCUT2D eigenvalue weighted by Gasteiger charge is -2.14. The van der Waals surface area contributed by atoms with Crippen molar-refractivity contribution >= 4 is 5.95 Å². The van der Waals surface area contributed by atoms with Crippen LogP contribution in [0.5, 0.6) is 5.75 Å². The monoisotopic (exact) mass is 243 g/mol. The minimum absolute atomic E-state index is 0.203. The van der Waals surface area contributed by atoms with E-state index in [4.69, 9.17) is 4.74 Å². The third-order valence-corrected chi connectivity index (χ3v) is 3.16. The molecular formula is C14H17N3O. The Bertz CT molecular complexity index is 510. The maximum Gasteiger partial charge on any atom is 0.202 e. The molecule has 4 heteroatoms. The lowest BCUT2D eigenvalue weighted by Crippen LogP contribution is -2.21. The highest BCUT2D eigenvalue weighted by molar-refractivity contribution is 5.37. The van der Waals surface area contributed by atoms with Crippen molar-refractivity contribution < 1.29 is 4.74 Å². The maximum absolute atomic E-state index is 5.94. The fourth-order valence-corrected chi connectivity index (χ4v) is 2.36. The topological polar surface area (TPSA) is 39.1 Å². The van der Waals surface area contributed by atoms with E-state index in [0.717, 1.165) is 31.2 Å². The molecule has 0 saturated heterocycles. The number of aromatic nitrogens is 2. The van der Waals surface area contributed by atoms with Gasteiger partial charge in [-0.15, -0.1) is 0 Å². The smallest absolute Gasteiger partial charge is 0.202 e. The molecule has 1 aromatic carbocycles. The average Bonchev–Trinajstić information content (AvgIpc) is 2.97. The van der Waals surface area contributed by atoms with Gasteiger partial charge in [-0.3, -0.25) is 0 Å². The van der Waals surface area contributed by atoms with Gasteiger partial charge in [-0.1, -0.05) is 18.2 Å². The molecule has 94 valence electrons. The van der Waals surface area contributed by atoms with Crippen molar-refractivity contribution in [2.45, 2.75) is 26.0 Å². The normalized spacial score (nSPS) is 17.3. The Hall–Kier alpha value is -1.97. The maximum atomic E-state index is 5.94. The fourth-order valence-electron chi connectivity index (χ4n) is 2.36. The molecule has 0 bridgehead atoms. The quantitative estimate of drug-likeness (QED) is 0.895. The number of rotatable bonds is 4. The number of fused-ring (bicyclic) bond motifs is 1. The molecule has 18 heavy (non-hydrogen) atoms. The molecule has 1 aliphatic heterocycles. The Morgan fingerprint density at radius 1 is 1.44 bits per heavy atom. The first-order valence-electron chi connectivity index (χ1n) is 6.36. The number of imidazole rings is 1. The fraction of sp³-hybridized carbons (Fsp3) is 0.357. The first kappa shape index (κ1) is 11.1. The highest BCUT2D eigenvalue weighted by Crippen LogP contribution is 2.29. The Morgan fingerprint density at radius 3 is 3.17 bits per heavy atom. The highest BCUT2D eigenvalue weighted by atomic mass is 16.5. The zero-order valence-electron chi connectivity index (χ0n) is 10.5. The summed E-state index contributed by atoms with van der Waals surface area (Å²) in [6.07, 6.45) is 4.98. The van der Waals surface area contributed by atoms with Gasteiger partial charge < -0.3 is 14.6 Å². The SMILES string of the molecule is CCNc1nccn1CC1Cc2ccccc2O1.